The number of nitrogens with one attached hydrogen (secondary N) is 1. The van der Waals surface area contributed by atoms with Gasteiger partial charge in [0.2, 0.25) is 0 Å². The zero-order valence-corrected chi connectivity index (χ0v) is 12.6. The predicted octanol–water partition coefficient (Wildman–Crippen LogP) is 2.87. The molecule has 6 heteroatoms. The number of benzene rings is 1. The van der Waals surface area contributed by atoms with Crippen LogP contribution in [-0.2, 0) is 4.79 Å². The van der Waals surface area contributed by atoms with Gasteiger partial charge in [-0.2, -0.15) is 5.10 Å². The molecule has 0 unspecified atom stereocenters. The Hall–Kier alpha value is -2.37. The number of carboxylic acids is 1. The van der Waals surface area contributed by atoms with Gasteiger partial charge in [-0.15, -0.1) is 0 Å². The molecule has 0 heterocycles. The summed E-state index contributed by atoms with van der Waals surface area (Å²) >= 11 is 0. The van der Waals surface area contributed by atoms with E-state index < -0.39 is 12.0 Å². The first-order chi connectivity index (χ1) is 10.6. The Bertz CT molecular complexity index is 501. The highest BCUT2D eigenvalue weighted by Crippen LogP contribution is 2.11. The van der Waals surface area contributed by atoms with Crippen LogP contribution in [0.2, 0.25) is 0 Å². The third-order valence-corrected chi connectivity index (χ3v) is 3.21. The van der Waals surface area contributed by atoms with Gasteiger partial charge >= 0.3 is 12.0 Å². The summed E-state index contributed by atoms with van der Waals surface area (Å²) in [6.45, 7) is 0. The van der Waals surface area contributed by atoms with Crippen molar-refractivity contribution in [3.63, 3.8) is 0 Å². The van der Waals surface area contributed by atoms with Crippen LogP contribution in [0.3, 0.4) is 0 Å². The lowest BCUT2D eigenvalue weighted by atomic mass is 10.0. The summed E-state index contributed by atoms with van der Waals surface area (Å²) in [6, 6.07) is 8.96. The average molecular weight is 305 g/mol. The van der Waals surface area contributed by atoms with Gasteiger partial charge in [0.15, 0.2) is 0 Å². The van der Waals surface area contributed by atoms with Crippen LogP contribution in [-0.4, -0.2) is 22.8 Å². The van der Waals surface area contributed by atoms with E-state index >= 15 is 0 Å². The fourth-order valence-corrected chi connectivity index (χ4v) is 2.12. The van der Waals surface area contributed by atoms with Crippen LogP contribution in [0, 0.1) is 0 Å². The van der Waals surface area contributed by atoms with E-state index in [1.165, 1.54) is 0 Å². The van der Waals surface area contributed by atoms with Crippen molar-refractivity contribution in [3.8, 4) is 0 Å². The zero-order valence-electron chi connectivity index (χ0n) is 12.6. The number of urea groups is 1. The van der Waals surface area contributed by atoms with Crippen LogP contribution in [0.5, 0.6) is 0 Å². The Morgan fingerprint density at radius 2 is 1.59 bits per heavy atom. The molecule has 4 N–H and O–H groups in total. The number of unbranched alkanes of at least 4 members (excludes halogenated alkanes) is 4. The second-order valence-electron chi connectivity index (χ2n) is 5.06. The number of aliphatic carboxylic acids is 1. The van der Waals surface area contributed by atoms with Crippen LogP contribution in [0.4, 0.5) is 4.79 Å². The first kappa shape index (κ1) is 17.7. The van der Waals surface area contributed by atoms with Crippen molar-refractivity contribution in [2.45, 2.75) is 44.9 Å². The highest BCUT2D eigenvalue weighted by molar-refractivity contribution is 6.00. The van der Waals surface area contributed by atoms with Crippen LogP contribution < -0.4 is 11.2 Å². The lowest BCUT2D eigenvalue weighted by Crippen LogP contribution is -2.26. The molecule has 120 valence electrons. The minimum atomic E-state index is -0.740. The van der Waals surface area contributed by atoms with Crippen LogP contribution in [0.1, 0.15) is 50.5 Å². The molecule has 0 fully saturated rings. The monoisotopic (exact) mass is 305 g/mol. The van der Waals surface area contributed by atoms with Crippen molar-refractivity contribution in [2.75, 3.05) is 0 Å². The highest BCUT2D eigenvalue weighted by Gasteiger charge is 2.04. The molecule has 1 aromatic carbocycles. The van der Waals surface area contributed by atoms with E-state index in [0.29, 0.717) is 0 Å². The number of amides is 2. The number of carboxylic acid groups (broad SMARTS) is 1. The van der Waals surface area contributed by atoms with E-state index in [9.17, 15) is 9.59 Å². The molecule has 2 amide bonds. The molecule has 0 aromatic heterocycles. The van der Waals surface area contributed by atoms with Crippen molar-refractivity contribution in [1.82, 2.24) is 5.43 Å². The normalized spacial score (nSPS) is 11.2. The summed E-state index contributed by atoms with van der Waals surface area (Å²) in [7, 11) is 0. The fraction of sp³-hybridized carbons (Fsp3) is 0.438. The first-order valence-corrected chi connectivity index (χ1v) is 7.49. The number of nitrogens with two attached hydrogens (primary N) is 1. The topological polar surface area (TPSA) is 105 Å². The van der Waals surface area contributed by atoms with Crippen molar-refractivity contribution >= 4 is 17.7 Å². The first-order valence-electron chi connectivity index (χ1n) is 7.49. The van der Waals surface area contributed by atoms with Crippen molar-refractivity contribution in [2.24, 2.45) is 10.8 Å². The molecule has 1 aromatic rings. The number of hydrazone groups is 1. The standard InChI is InChI=1S/C16H23N3O3/c17-16(22)19-18-14(13-9-5-4-6-10-13)11-7-2-1-3-8-12-15(20)21/h4-6,9-10H,1-3,7-8,11-12H2,(H,20,21)(H3,17,19,22)/b18-14+. The largest absolute Gasteiger partial charge is 0.481 e. The molecule has 1 rings (SSSR count). The molecular weight excluding hydrogens is 282 g/mol. The molecule has 0 aliphatic heterocycles. The summed E-state index contributed by atoms with van der Waals surface area (Å²) in [4.78, 5) is 21.2. The third kappa shape index (κ3) is 8.04. The lowest BCUT2D eigenvalue weighted by molar-refractivity contribution is -0.137. The summed E-state index contributed by atoms with van der Waals surface area (Å²) in [5.41, 5.74) is 9.08. The van der Waals surface area contributed by atoms with E-state index in [-0.39, 0.29) is 6.42 Å². The zero-order chi connectivity index (χ0) is 16.2. The molecule has 6 nitrogen and oxygen atoms in total. The molecular formula is C16H23N3O3. The lowest BCUT2D eigenvalue weighted by Gasteiger charge is -2.07. The number of carbonyl (C=O) groups excluding carboxylic acids is 1. The SMILES string of the molecule is NC(=O)N/N=C(\CCCCCCCC(=O)O)c1ccccc1. The van der Waals surface area contributed by atoms with Gasteiger partial charge < -0.3 is 10.8 Å². The Balaban J connectivity index is 2.38. The number of hydrogen-bond acceptors (Lipinski definition) is 3. The number of nitrogens with zero attached hydrogens (tertiary/aromatic N) is 1. The minimum absolute atomic E-state index is 0.235. The summed E-state index contributed by atoms with van der Waals surface area (Å²) in [5, 5.41) is 12.6. The Labute approximate surface area is 130 Å². The molecule has 0 saturated heterocycles. The van der Waals surface area contributed by atoms with Crippen LogP contribution in [0.25, 0.3) is 0 Å². The molecule has 0 bridgehead atoms. The number of hydrogen-bond donors (Lipinski definition) is 3. The van der Waals surface area contributed by atoms with Gasteiger partial charge in [-0.1, -0.05) is 49.6 Å². The van der Waals surface area contributed by atoms with Gasteiger partial charge in [-0.05, 0) is 24.8 Å². The maximum Gasteiger partial charge on any atom is 0.332 e. The summed E-state index contributed by atoms with van der Waals surface area (Å²) in [6.07, 6.45) is 5.55. The van der Waals surface area contributed by atoms with Crippen LogP contribution >= 0.6 is 0 Å². The fourth-order valence-electron chi connectivity index (χ4n) is 2.12. The number of carbonyl (C=O) groups is 2. The van der Waals surface area contributed by atoms with E-state index in [1.807, 2.05) is 30.3 Å². The third-order valence-electron chi connectivity index (χ3n) is 3.21. The quantitative estimate of drug-likeness (QED) is 0.351. The second kappa shape index (κ2) is 10.4. The Morgan fingerprint density at radius 1 is 1.00 bits per heavy atom. The molecule has 0 spiro atoms. The number of rotatable bonds is 10. The molecule has 0 radical (unpaired) electrons. The minimum Gasteiger partial charge on any atom is -0.481 e. The maximum atomic E-state index is 10.8. The predicted molar refractivity (Wildman–Crippen MR) is 85.7 cm³/mol. The smallest absolute Gasteiger partial charge is 0.332 e. The Morgan fingerprint density at radius 3 is 2.18 bits per heavy atom. The van der Waals surface area contributed by atoms with Crippen molar-refractivity contribution in [1.29, 1.82) is 0 Å². The summed E-state index contributed by atoms with van der Waals surface area (Å²) < 4.78 is 0. The van der Waals surface area contributed by atoms with Crippen LogP contribution in [0.15, 0.2) is 35.4 Å². The van der Waals surface area contributed by atoms with Gasteiger partial charge in [-0.3, -0.25) is 4.79 Å². The van der Waals surface area contributed by atoms with Crippen molar-refractivity contribution in [3.05, 3.63) is 35.9 Å². The van der Waals surface area contributed by atoms with Gasteiger partial charge in [0.25, 0.3) is 0 Å². The molecule has 22 heavy (non-hydrogen) atoms. The molecule has 0 aliphatic rings. The van der Waals surface area contributed by atoms with Gasteiger partial charge in [0, 0.05) is 6.42 Å². The summed E-state index contributed by atoms with van der Waals surface area (Å²) in [5.74, 6) is -0.740. The van der Waals surface area contributed by atoms with E-state index in [2.05, 4.69) is 10.5 Å². The van der Waals surface area contributed by atoms with E-state index in [1.54, 1.807) is 0 Å². The molecule has 0 saturated carbocycles. The number of primary amides is 1. The average Bonchev–Trinajstić information content (AvgIpc) is 2.49. The van der Waals surface area contributed by atoms with Gasteiger partial charge in [0.1, 0.15) is 0 Å². The maximum absolute atomic E-state index is 10.8. The van der Waals surface area contributed by atoms with E-state index in [0.717, 1.165) is 49.8 Å². The van der Waals surface area contributed by atoms with Gasteiger partial charge in [0.05, 0.1) is 5.71 Å². The highest BCUT2D eigenvalue weighted by atomic mass is 16.4. The Kier molecular flexibility index (Phi) is 8.33. The second-order valence-corrected chi connectivity index (χ2v) is 5.06. The molecule has 0 aliphatic carbocycles. The van der Waals surface area contributed by atoms with Crippen molar-refractivity contribution < 1.29 is 14.7 Å². The molecule has 0 atom stereocenters. The van der Waals surface area contributed by atoms with E-state index in [4.69, 9.17) is 10.8 Å². The van der Waals surface area contributed by atoms with Gasteiger partial charge in [-0.25, -0.2) is 10.2 Å².